The number of carbonyl (C=O) groups excluding carboxylic acids is 3. The Kier molecular flexibility index (Phi) is 5.12. The van der Waals surface area contributed by atoms with Gasteiger partial charge < -0.3 is 19.8 Å². The van der Waals surface area contributed by atoms with Gasteiger partial charge in [-0.1, -0.05) is 43.3 Å². The van der Waals surface area contributed by atoms with Gasteiger partial charge in [0.15, 0.2) is 11.5 Å². The SMILES string of the molecule is CCc1cccc2c1NC(=O)[C@@]21N[C@H](Cc2c[nH]c3ccccc23)[C@@H]2C(=O)N(c3ccc4c(c3)OCCO4)C(=O)[C@@H]21. The number of aromatic nitrogens is 1. The van der Waals surface area contributed by atoms with Crippen molar-refractivity contribution in [3.8, 4) is 11.5 Å². The van der Waals surface area contributed by atoms with Crippen molar-refractivity contribution in [3.05, 3.63) is 83.6 Å². The molecule has 4 atom stereocenters. The van der Waals surface area contributed by atoms with Crippen LogP contribution in [0.3, 0.4) is 0 Å². The van der Waals surface area contributed by atoms with E-state index in [1.807, 2.05) is 55.6 Å². The maximum Gasteiger partial charge on any atom is 0.250 e. The van der Waals surface area contributed by atoms with Crippen LogP contribution in [0.5, 0.6) is 11.5 Å². The minimum absolute atomic E-state index is 0.296. The molecule has 2 saturated heterocycles. The topological polar surface area (TPSA) is 113 Å². The van der Waals surface area contributed by atoms with E-state index in [0.29, 0.717) is 36.8 Å². The molecule has 9 heteroatoms. The van der Waals surface area contributed by atoms with Gasteiger partial charge in [-0.2, -0.15) is 0 Å². The highest BCUT2D eigenvalue weighted by atomic mass is 16.6. The number of aryl methyl sites for hydroxylation is 1. The molecule has 0 saturated carbocycles. The van der Waals surface area contributed by atoms with E-state index in [1.165, 1.54) is 4.90 Å². The smallest absolute Gasteiger partial charge is 0.250 e. The summed E-state index contributed by atoms with van der Waals surface area (Å²) in [5.41, 5.74) is 3.52. The fraction of sp³-hybridized carbons (Fsp3) is 0.281. The van der Waals surface area contributed by atoms with Crippen LogP contribution in [0, 0.1) is 11.8 Å². The molecule has 3 aromatic carbocycles. The second-order valence-electron chi connectivity index (χ2n) is 11.1. The summed E-state index contributed by atoms with van der Waals surface area (Å²) in [6.07, 6.45) is 3.14. The molecule has 0 radical (unpaired) electrons. The van der Waals surface area contributed by atoms with Gasteiger partial charge in [-0.15, -0.1) is 0 Å². The molecule has 2 fully saturated rings. The van der Waals surface area contributed by atoms with Gasteiger partial charge in [-0.3, -0.25) is 19.7 Å². The molecule has 4 aliphatic rings. The highest BCUT2D eigenvalue weighted by Gasteiger charge is 2.70. The number of ether oxygens (including phenoxy) is 2. The molecule has 0 unspecified atom stereocenters. The molecule has 4 aromatic rings. The quantitative estimate of drug-likeness (QED) is 0.336. The summed E-state index contributed by atoms with van der Waals surface area (Å²) in [6, 6.07) is 18.4. The van der Waals surface area contributed by atoms with Crippen molar-refractivity contribution >= 4 is 40.0 Å². The van der Waals surface area contributed by atoms with Crippen molar-refractivity contribution < 1.29 is 23.9 Å². The number of carbonyl (C=O) groups is 3. The molecular weight excluding hydrogens is 520 g/mol. The maximum atomic E-state index is 14.4. The van der Waals surface area contributed by atoms with Crippen LogP contribution in [-0.2, 0) is 32.8 Å². The summed E-state index contributed by atoms with van der Waals surface area (Å²) >= 11 is 0. The third-order valence-electron chi connectivity index (χ3n) is 9.12. The highest BCUT2D eigenvalue weighted by molar-refractivity contribution is 6.26. The number of nitrogens with zero attached hydrogens (tertiary/aromatic N) is 1. The first-order chi connectivity index (χ1) is 20.0. The highest BCUT2D eigenvalue weighted by Crippen LogP contribution is 2.55. The van der Waals surface area contributed by atoms with Crippen LogP contribution in [-0.4, -0.2) is 42.0 Å². The number of H-pyrrole nitrogens is 1. The zero-order valence-corrected chi connectivity index (χ0v) is 22.4. The molecule has 0 aliphatic carbocycles. The predicted octanol–water partition coefficient (Wildman–Crippen LogP) is 3.67. The molecule has 3 N–H and O–H groups in total. The number of aromatic amines is 1. The van der Waals surface area contributed by atoms with E-state index in [4.69, 9.17) is 9.47 Å². The summed E-state index contributed by atoms with van der Waals surface area (Å²) < 4.78 is 11.4. The standard InChI is InChI=1S/C32H28N4O5/c1-2-17-6-5-8-21-28(17)34-31(39)32(21)27-26(23(35-32)14-18-16-33-22-9-4-3-7-20(18)22)29(37)36(30(27)38)19-10-11-24-25(15-19)41-13-12-40-24/h3-11,15-16,23,26-27,33,35H,2,12-14H2,1H3,(H,34,39)/t23-,26+,27-,32-/m1/s1. The van der Waals surface area contributed by atoms with E-state index in [9.17, 15) is 14.4 Å². The van der Waals surface area contributed by atoms with Crippen LogP contribution in [0.1, 0.15) is 23.6 Å². The predicted molar refractivity (Wildman–Crippen MR) is 152 cm³/mol. The average Bonchev–Trinajstić information content (AvgIpc) is 3.71. The van der Waals surface area contributed by atoms with Crippen LogP contribution in [0.2, 0.25) is 0 Å². The van der Waals surface area contributed by atoms with E-state index < -0.39 is 29.3 Å². The maximum absolute atomic E-state index is 14.4. The fourth-order valence-corrected chi connectivity index (χ4v) is 7.32. The number of anilines is 2. The molecule has 5 heterocycles. The summed E-state index contributed by atoms with van der Waals surface area (Å²) in [6.45, 7) is 2.86. The largest absolute Gasteiger partial charge is 0.486 e. The van der Waals surface area contributed by atoms with Crippen molar-refractivity contribution in [1.29, 1.82) is 0 Å². The second kappa shape index (κ2) is 8.68. The summed E-state index contributed by atoms with van der Waals surface area (Å²) in [7, 11) is 0. The van der Waals surface area contributed by atoms with E-state index in [2.05, 4.69) is 15.6 Å². The Bertz CT molecular complexity index is 1780. The van der Waals surface area contributed by atoms with Crippen molar-refractivity contribution in [3.63, 3.8) is 0 Å². The lowest BCUT2D eigenvalue weighted by atomic mass is 9.76. The summed E-state index contributed by atoms with van der Waals surface area (Å²) in [5, 5.41) is 7.70. The number of para-hydroxylation sites is 2. The fourth-order valence-electron chi connectivity index (χ4n) is 7.32. The van der Waals surface area contributed by atoms with Gasteiger partial charge in [-0.25, -0.2) is 4.90 Å². The first kappa shape index (κ1) is 24.2. The van der Waals surface area contributed by atoms with Crippen molar-refractivity contribution in [2.45, 2.75) is 31.3 Å². The van der Waals surface area contributed by atoms with Crippen molar-refractivity contribution in [2.24, 2.45) is 11.8 Å². The van der Waals surface area contributed by atoms with Crippen LogP contribution < -0.4 is 25.0 Å². The van der Waals surface area contributed by atoms with Gasteiger partial charge in [0, 0.05) is 40.5 Å². The summed E-state index contributed by atoms with van der Waals surface area (Å²) in [4.78, 5) is 47.3. The second-order valence-corrected chi connectivity index (χ2v) is 11.1. The van der Waals surface area contributed by atoms with Gasteiger partial charge in [0.25, 0.3) is 0 Å². The molecule has 206 valence electrons. The molecule has 3 amide bonds. The molecular formula is C32H28N4O5. The zero-order valence-electron chi connectivity index (χ0n) is 22.4. The van der Waals surface area contributed by atoms with Crippen molar-refractivity contribution in [2.75, 3.05) is 23.4 Å². The lowest BCUT2D eigenvalue weighted by Gasteiger charge is -2.30. The van der Waals surface area contributed by atoms with Gasteiger partial charge in [0.05, 0.1) is 17.5 Å². The van der Waals surface area contributed by atoms with Crippen molar-refractivity contribution in [1.82, 2.24) is 10.3 Å². The number of hydrogen-bond acceptors (Lipinski definition) is 6. The minimum atomic E-state index is -1.36. The Morgan fingerprint density at radius 1 is 0.927 bits per heavy atom. The normalized spacial score (nSPS) is 26.1. The first-order valence-electron chi connectivity index (χ1n) is 14.0. The number of imide groups is 1. The Labute approximate surface area is 235 Å². The number of rotatable bonds is 4. The Morgan fingerprint density at radius 2 is 1.76 bits per heavy atom. The van der Waals surface area contributed by atoms with Gasteiger partial charge in [0.1, 0.15) is 18.8 Å². The molecule has 4 aliphatic heterocycles. The number of nitrogens with one attached hydrogen (secondary N) is 3. The summed E-state index contributed by atoms with van der Waals surface area (Å²) in [5.74, 6) is -1.60. The lowest BCUT2D eigenvalue weighted by Crippen LogP contribution is -2.53. The molecule has 1 aromatic heterocycles. The number of amides is 3. The Hall–Kier alpha value is -4.63. The van der Waals surface area contributed by atoms with E-state index >= 15 is 0 Å². The number of fused-ring (bicyclic) bond motifs is 6. The molecule has 1 spiro atoms. The van der Waals surface area contributed by atoms with E-state index in [0.717, 1.165) is 39.7 Å². The monoisotopic (exact) mass is 548 g/mol. The molecule has 0 bridgehead atoms. The Balaban J connectivity index is 1.27. The molecule has 8 rings (SSSR count). The third kappa shape index (κ3) is 3.23. The lowest BCUT2D eigenvalue weighted by molar-refractivity contribution is -0.130. The third-order valence-corrected chi connectivity index (χ3v) is 9.12. The molecule has 9 nitrogen and oxygen atoms in total. The van der Waals surface area contributed by atoms with Gasteiger partial charge in [0.2, 0.25) is 17.7 Å². The van der Waals surface area contributed by atoms with Gasteiger partial charge >= 0.3 is 0 Å². The van der Waals surface area contributed by atoms with Gasteiger partial charge in [-0.05, 0) is 42.2 Å². The minimum Gasteiger partial charge on any atom is -0.486 e. The number of hydrogen-bond donors (Lipinski definition) is 3. The molecule has 41 heavy (non-hydrogen) atoms. The van der Waals surface area contributed by atoms with Crippen LogP contribution in [0.4, 0.5) is 11.4 Å². The number of benzene rings is 3. The van der Waals surface area contributed by atoms with E-state index in [1.54, 1.807) is 18.2 Å². The van der Waals surface area contributed by atoms with E-state index in [-0.39, 0.29) is 11.8 Å². The first-order valence-corrected chi connectivity index (χ1v) is 14.0. The average molecular weight is 549 g/mol. The Morgan fingerprint density at radius 3 is 2.61 bits per heavy atom. The van der Waals surface area contributed by atoms with Crippen LogP contribution in [0.15, 0.2) is 66.9 Å². The van der Waals surface area contributed by atoms with Crippen LogP contribution in [0.25, 0.3) is 10.9 Å². The van der Waals surface area contributed by atoms with Crippen LogP contribution >= 0.6 is 0 Å². The zero-order chi connectivity index (χ0) is 27.9.